The molecule has 0 N–H and O–H groups in total. The molecule has 3 aliphatic rings. The monoisotopic (exact) mass is 1050 g/mol. The van der Waals surface area contributed by atoms with Gasteiger partial charge in [0.15, 0.2) is 0 Å². The van der Waals surface area contributed by atoms with Crippen molar-refractivity contribution in [2.24, 2.45) is 0 Å². The van der Waals surface area contributed by atoms with Gasteiger partial charge in [0.05, 0.1) is 10.8 Å². The highest BCUT2D eigenvalue weighted by Crippen LogP contribution is 2.60. The van der Waals surface area contributed by atoms with E-state index in [9.17, 15) is 0 Å². The molecule has 0 radical (unpaired) electrons. The largest absolute Gasteiger partial charge is 0.341 e. The number of hydrogen-bond donors (Lipinski definition) is 0. The minimum atomic E-state index is -0.656. The van der Waals surface area contributed by atoms with Crippen LogP contribution < -0.4 is 20.2 Å². The van der Waals surface area contributed by atoms with E-state index in [1.807, 2.05) is 0 Å². The number of hydrogen-bond acceptors (Lipinski definition) is 2. The van der Waals surface area contributed by atoms with Crippen molar-refractivity contribution in [2.45, 2.75) is 37.5 Å². The highest BCUT2D eigenvalue weighted by atomic mass is 15.2. The topological polar surface area (TPSA) is 6.48 Å². The summed E-state index contributed by atoms with van der Waals surface area (Å²) in [6.07, 6.45) is 4.36. The summed E-state index contributed by atoms with van der Waals surface area (Å²) in [6.45, 7) is 6.25. The van der Waals surface area contributed by atoms with Crippen molar-refractivity contribution < 1.29 is 0 Å². The van der Waals surface area contributed by atoms with Gasteiger partial charge in [-0.25, -0.2) is 0 Å². The quantitative estimate of drug-likeness (QED) is 0.135. The molecule has 0 saturated heterocycles. The number of benzene rings is 12. The van der Waals surface area contributed by atoms with E-state index in [1.54, 1.807) is 0 Å². The van der Waals surface area contributed by atoms with Crippen LogP contribution in [0.2, 0.25) is 0 Å². The minimum Gasteiger partial charge on any atom is -0.341 e. The molecule has 0 unspecified atom stereocenters. The van der Waals surface area contributed by atoms with E-state index in [1.165, 1.54) is 133 Å². The van der Waals surface area contributed by atoms with Gasteiger partial charge in [0.25, 0.3) is 0 Å². The van der Waals surface area contributed by atoms with Gasteiger partial charge in [-0.2, -0.15) is 0 Å². The van der Waals surface area contributed by atoms with E-state index in [2.05, 4.69) is 315 Å². The smallest absolute Gasteiger partial charge is 0.0748 e. The molecular weight excluding hydrogens is 989 g/mol. The van der Waals surface area contributed by atoms with Crippen molar-refractivity contribution in [3.8, 4) is 33.4 Å². The normalized spacial score (nSPS) is 14.4. The molecular formula is C80H62N2. The maximum absolute atomic E-state index is 2.60. The van der Waals surface area contributed by atoms with Crippen molar-refractivity contribution in [1.82, 2.24) is 0 Å². The Labute approximate surface area is 481 Å². The lowest BCUT2D eigenvalue weighted by atomic mass is 9.60. The van der Waals surface area contributed by atoms with Crippen LogP contribution in [0.4, 0.5) is 22.7 Å². The summed E-state index contributed by atoms with van der Waals surface area (Å²) in [6, 6.07) is 108. The lowest BCUT2D eigenvalue weighted by Crippen LogP contribution is -2.40. The third-order valence-corrected chi connectivity index (χ3v) is 18.3. The van der Waals surface area contributed by atoms with Crippen molar-refractivity contribution in [3.05, 3.63) is 346 Å². The maximum Gasteiger partial charge on any atom is 0.0748 e. The molecule has 0 saturated carbocycles. The Morgan fingerprint density at radius 3 is 1.26 bits per heavy atom. The van der Waals surface area contributed by atoms with E-state index in [0.29, 0.717) is 0 Å². The van der Waals surface area contributed by atoms with Crippen LogP contribution in [-0.4, -0.2) is 13.1 Å². The highest BCUT2D eigenvalue weighted by molar-refractivity contribution is 6.07. The second-order valence-electron chi connectivity index (χ2n) is 22.2. The number of para-hydroxylation sites is 2. The second kappa shape index (κ2) is 20.1. The molecule has 0 fully saturated rings. The zero-order valence-electron chi connectivity index (χ0n) is 46.4. The Morgan fingerprint density at radius 1 is 0.341 bits per heavy atom. The fourth-order valence-corrected chi connectivity index (χ4v) is 15.0. The minimum absolute atomic E-state index is 0.633. The van der Waals surface area contributed by atoms with Crippen LogP contribution in [0.3, 0.4) is 0 Å². The van der Waals surface area contributed by atoms with Crippen LogP contribution in [0.15, 0.2) is 285 Å². The lowest BCUT2D eigenvalue weighted by molar-refractivity contribution is 0.716. The van der Waals surface area contributed by atoms with Gasteiger partial charge in [0, 0.05) is 47.0 Å². The molecule has 2 nitrogen and oxygen atoms in total. The molecule has 2 heteroatoms. The van der Waals surface area contributed by atoms with Crippen LogP contribution in [0, 0.1) is 0 Å². The molecule has 2 aliphatic heterocycles. The fraction of sp³-hybridized carbons (Fsp3) is 0.100. The lowest BCUT2D eigenvalue weighted by Gasteiger charge is -2.47. The summed E-state index contributed by atoms with van der Waals surface area (Å²) in [7, 11) is 0. The van der Waals surface area contributed by atoms with Crippen LogP contribution in [0.1, 0.15) is 76.8 Å². The standard InChI is InChI=1S/C80H62N2/c1-3-81-72-46-22-20-44-70(72)79(58-30-12-6-13-31-58,59-32-14-7-15-33-59)77-66(42-26-48-74(77)81)62-38-24-40-64-68(62)54-69-63(39-25-41-65(69)76(64)57-52-50-56(51-53-57)55-28-10-5-11-29-55)67-43-27-49-75-78(67)80(60-34-16-8-17-35-60,61-36-18-9-19-37-61)71-45-21-23-47-73(71)82(75)4-2/h5-24,26-38,40-54H,3-4,25,39H2,1-2H3. The molecule has 0 spiro atoms. The summed E-state index contributed by atoms with van der Waals surface area (Å²) in [5, 5.41) is 5.08. The fourth-order valence-electron chi connectivity index (χ4n) is 15.0. The summed E-state index contributed by atoms with van der Waals surface area (Å²) in [4.78, 5) is 5.11. The van der Waals surface area contributed by atoms with Gasteiger partial charge >= 0.3 is 0 Å². The van der Waals surface area contributed by atoms with E-state index < -0.39 is 10.8 Å². The first-order valence-electron chi connectivity index (χ1n) is 29.3. The highest BCUT2D eigenvalue weighted by Gasteiger charge is 2.49. The SMILES string of the molecule is CCN1c2ccccc2C(c2ccccc2)(c2ccccc2)c2c(C3=c4cc5c(-c6cccc7c6C(c6ccccc6)(c6ccccc6)c6ccccc6N7CC)cccc5c(-c5ccc(-c6ccccc6)cc5)c4=CCC3)cccc21. The molecule has 12 aromatic carbocycles. The molecule has 2 heterocycles. The van der Waals surface area contributed by atoms with Gasteiger partial charge in [-0.15, -0.1) is 0 Å². The van der Waals surface area contributed by atoms with Gasteiger partial charge in [0.2, 0.25) is 0 Å². The molecule has 0 aromatic heterocycles. The molecule has 15 rings (SSSR count). The van der Waals surface area contributed by atoms with Gasteiger partial charge in [-0.3, -0.25) is 0 Å². The van der Waals surface area contributed by atoms with Gasteiger partial charge in [-0.1, -0.05) is 261 Å². The third kappa shape index (κ3) is 7.34. The molecule has 12 aromatic rings. The van der Waals surface area contributed by atoms with Crippen LogP contribution in [0.5, 0.6) is 0 Å². The Kier molecular flexibility index (Phi) is 12.1. The van der Waals surface area contributed by atoms with Crippen molar-refractivity contribution in [3.63, 3.8) is 0 Å². The molecule has 0 bridgehead atoms. The first-order valence-corrected chi connectivity index (χ1v) is 29.3. The predicted molar refractivity (Wildman–Crippen MR) is 344 cm³/mol. The van der Waals surface area contributed by atoms with Crippen LogP contribution in [-0.2, 0) is 10.8 Å². The molecule has 0 amide bonds. The Balaban J connectivity index is 1.09. The average Bonchev–Trinajstić information content (AvgIpc) is 1.16. The Hall–Kier alpha value is -9.76. The molecule has 1 aliphatic carbocycles. The van der Waals surface area contributed by atoms with Gasteiger partial charge in [0.1, 0.15) is 0 Å². The number of rotatable bonds is 10. The zero-order chi connectivity index (χ0) is 54.8. The number of nitrogens with zero attached hydrogens (tertiary/aromatic N) is 2. The Morgan fingerprint density at radius 2 is 0.744 bits per heavy atom. The van der Waals surface area contributed by atoms with Gasteiger partial charge in [-0.05, 0) is 156 Å². The Bertz CT molecular complexity index is 4430. The van der Waals surface area contributed by atoms with E-state index in [0.717, 1.165) is 25.9 Å². The summed E-state index contributed by atoms with van der Waals surface area (Å²) in [5.74, 6) is 0. The first kappa shape index (κ1) is 49.3. The van der Waals surface area contributed by atoms with Crippen molar-refractivity contribution in [2.75, 3.05) is 22.9 Å². The number of anilines is 4. The van der Waals surface area contributed by atoms with Crippen LogP contribution in [0.25, 0.3) is 55.8 Å². The summed E-state index contributed by atoms with van der Waals surface area (Å²) >= 11 is 0. The van der Waals surface area contributed by atoms with E-state index >= 15 is 0 Å². The van der Waals surface area contributed by atoms with E-state index in [4.69, 9.17) is 0 Å². The van der Waals surface area contributed by atoms with Crippen molar-refractivity contribution >= 4 is 45.2 Å². The van der Waals surface area contributed by atoms with Crippen LogP contribution >= 0.6 is 0 Å². The maximum atomic E-state index is 2.60. The molecule has 392 valence electrons. The van der Waals surface area contributed by atoms with Crippen molar-refractivity contribution in [1.29, 1.82) is 0 Å². The predicted octanol–water partition coefficient (Wildman–Crippen LogP) is 18.3. The van der Waals surface area contributed by atoms with Gasteiger partial charge < -0.3 is 9.80 Å². The molecule has 0 atom stereocenters. The average molecular weight is 1050 g/mol. The summed E-state index contributed by atoms with van der Waals surface area (Å²) in [5.41, 5.74) is 24.0. The third-order valence-electron chi connectivity index (χ3n) is 18.3. The van der Waals surface area contributed by atoms with E-state index in [-0.39, 0.29) is 0 Å². The molecule has 82 heavy (non-hydrogen) atoms. The second-order valence-corrected chi connectivity index (χ2v) is 22.2. The summed E-state index contributed by atoms with van der Waals surface area (Å²) < 4.78 is 0. The number of fused-ring (bicyclic) bond motifs is 6. The zero-order valence-corrected chi connectivity index (χ0v) is 46.4. The first-order chi connectivity index (χ1) is 40.6.